The summed E-state index contributed by atoms with van der Waals surface area (Å²) in [5, 5.41) is 0. The smallest absolute Gasteiger partial charge is 0.254 e. The van der Waals surface area contributed by atoms with E-state index in [1.807, 2.05) is 4.90 Å². The van der Waals surface area contributed by atoms with E-state index in [4.69, 9.17) is 16.3 Å². The summed E-state index contributed by atoms with van der Waals surface area (Å²) in [4.78, 5) is 15.6. The highest BCUT2D eigenvalue weighted by Gasteiger charge is 2.39. The molecular formula is C18H18ClNO2S. The van der Waals surface area contributed by atoms with Crippen LogP contribution in [-0.4, -0.2) is 30.1 Å². The fraction of sp³-hybridized carbons (Fsp3) is 0.389. The van der Waals surface area contributed by atoms with Crippen LogP contribution in [0.15, 0.2) is 30.3 Å². The molecule has 1 aromatic heterocycles. The lowest BCUT2D eigenvalue weighted by molar-refractivity contribution is -0.133. The molecule has 2 aliphatic rings. The SMILES string of the molecule is CCc1ccccc1[C@H]1CN(C(=O)[C@H]2CO2)Cc2sc(Cl)cc21. The summed E-state index contributed by atoms with van der Waals surface area (Å²) in [5.41, 5.74) is 3.92. The lowest BCUT2D eigenvalue weighted by atomic mass is 9.85. The van der Waals surface area contributed by atoms with Crippen molar-refractivity contribution in [1.82, 2.24) is 4.90 Å². The standard InChI is InChI=1S/C18H18ClNO2S/c1-2-11-5-3-4-6-12(11)14-8-20(18(21)15-10-22-15)9-16-13(14)7-17(19)23-16/h3-7,14-15H,2,8-10H2,1H3/t14-,15-/m1/s1. The van der Waals surface area contributed by atoms with Gasteiger partial charge in [-0.3, -0.25) is 4.79 Å². The molecule has 1 saturated heterocycles. The maximum atomic E-state index is 12.5. The predicted octanol–water partition coefficient (Wildman–Crippen LogP) is 3.84. The summed E-state index contributed by atoms with van der Waals surface area (Å²) in [6, 6.07) is 10.6. The Morgan fingerprint density at radius 2 is 2.17 bits per heavy atom. The summed E-state index contributed by atoms with van der Waals surface area (Å²) in [6.45, 7) is 4.08. The topological polar surface area (TPSA) is 32.8 Å². The van der Waals surface area contributed by atoms with E-state index in [1.165, 1.54) is 21.6 Å². The number of carbonyl (C=O) groups is 1. The van der Waals surface area contributed by atoms with E-state index in [9.17, 15) is 4.79 Å². The zero-order valence-corrected chi connectivity index (χ0v) is 14.5. The van der Waals surface area contributed by atoms with E-state index in [0.717, 1.165) is 10.8 Å². The molecule has 5 heteroatoms. The average molecular weight is 348 g/mol. The van der Waals surface area contributed by atoms with Crippen LogP contribution in [0, 0.1) is 0 Å². The monoisotopic (exact) mass is 347 g/mol. The highest BCUT2D eigenvalue weighted by molar-refractivity contribution is 7.16. The molecule has 3 heterocycles. The summed E-state index contributed by atoms with van der Waals surface area (Å²) >= 11 is 7.86. The van der Waals surface area contributed by atoms with Crippen LogP contribution in [-0.2, 0) is 22.5 Å². The number of thiophene rings is 1. The molecule has 0 unspecified atom stereocenters. The third-order valence-electron chi connectivity index (χ3n) is 4.66. The third kappa shape index (κ3) is 2.80. The molecule has 1 fully saturated rings. The number of aryl methyl sites for hydroxylation is 1. The van der Waals surface area contributed by atoms with Gasteiger partial charge >= 0.3 is 0 Å². The van der Waals surface area contributed by atoms with E-state index < -0.39 is 0 Å². The molecule has 1 aromatic carbocycles. The van der Waals surface area contributed by atoms with E-state index in [-0.39, 0.29) is 17.9 Å². The number of hydrogen-bond acceptors (Lipinski definition) is 3. The Morgan fingerprint density at radius 1 is 1.39 bits per heavy atom. The van der Waals surface area contributed by atoms with Crippen LogP contribution in [0.5, 0.6) is 0 Å². The van der Waals surface area contributed by atoms with Crippen LogP contribution < -0.4 is 0 Å². The molecule has 1 amide bonds. The zero-order chi connectivity index (χ0) is 16.0. The van der Waals surface area contributed by atoms with Gasteiger partial charge < -0.3 is 9.64 Å². The highest BCUT2D eigenvalue weighted by atomic mass is 35.5. The van der Waals surface area contributed by atoms with E-state index in [2.05, 4.69) is 37.3 Å². The van der Waals surface area contributed by atoms with Gasteiger partial charge in [0.05, 0.1) is 17.5 Å². The van der Waals surface area contributed by atoms with Crippen molar-refractivity contribution in [2.45, 2.75) is 31.9 Å². The normalized spacial score (nSPS) is 22.8. The van der Waals surface area contributed by atoms with Gasteiger partial charge in [-0.1, -0.05) is 42.8 Å². The maximum absolute atomic E-state index is 12.5. The van der Waals surface area contributed by atoms with Crippen LogP contribution in [0.25, 0.3) is 0 Å². The Bertz CT molecular complexity index is 753. The number of hydrogen-bond donors (Lipinski definition) is 0. The lowest BCUT2D eigenvalue weighted by Gasteiger charge is -2.33. The zero-order valence-electron chi connectivity index (χ0n) is 12.9. The number of benzene rings is 1. The molecule has 23 heavy (non-hydrogen) atoms. The van der Waals surface area contributed by atoms with Gasteiger partial charge in [0.15, 0.2) is 6.10 Å². The summed E-state index contributed by atoms with van der Waals surface area (Å²) in [6.07, 6.45) is 0.758. The van der Waals surface area contributed by atoms with Crippen molar-refractivity contribution < 1.29 is 9.53 Å². The fourth-order valence-electron chi connectivity index (χ4n) is 3.41. The fourth-order valence-corrected chi connectivity index (χ4v) is 4.77. The van der Waals surface area contributed by atoms with Crippen molar-refractivity contribution >= 4 is 28.8 Å². The van der Waals surface area contributed by atoms with Crippen LogP contribution >= 0.6 is 22.9 Å². The van der Waals surface area contributed by atoms with Crippen LogP contribution in [0.1, 0.15) is 34.4 Å². The van der Waals surface area contributed by atoms with Crippen molar-refractivity contribution in [3.05, 3.63) is 56.2 Å². The minimum Gasteiger partial charge on any atom is -0.363 e. The van der Waals surface area contributed by atoms with E-state index in [1.54, 1.807) is 11.3 Å². The largest absolute Gasteiger partial charge is 0.363 e. The van der Waals surface area contributed by atoms with E-state index in [0.29, 0.717) is 19.7 Å². The van der Waals surface area contributed by atoms with Crippen LogP contribution in [0.2, 0.25) is 4.34 Å². The van der Waals surface area contributed by atoms with Crippen molar-refractivity contribution in [2.24, 2.45) is 0 Å². The quantitative estimate of drug-likeness (QED) is 0.790. The first kappa shape index (κ1) is 15.2. The number of epoxide rings is 1. The molecule has 0 saturated carbocycles. The molecule has 0 radical (unpaired) electrons. The Hall–Kier alpha value is -1.36. The Balaban J connectivity index is 1.75. The van der Waals surface area contributed by atoms with Crippen LogP contribution in [0.4, 0.5) is 0 Å². The third-order valence-corrected chi connectivity index (χ3v) is 5.92. The van der Waals surface area contributed by atoms with Crippen molar-refractivity contribution in [3.8, 4) is 0 Å². The van der Waals surface area contributed by atoms with E-state index >= 15 is 0 Å². The van der Waals surface area contributed by atoms with Crippen molar-refractivity contribution in [1.29, 1.82) is 0 Å². The van der Waals surface area contributed by atoms with Crippen molar-refractivity contribution in [2.75, 3.05) is 13.2 Å². The first-order chi connectivity index (χ1) is 11.2. The Labute approximate surface area is 144 Å². The number of carbonyl (C=O) groups excluding carboxylic acids is 1. The van der Waals surface area contributed by atoms with Gasteiger partial charge in [0.2, 0.25) is 0 Å². The minimum absolute atomic E-state index is 0.110. The Kier molecular flexibility index (Phi) is 3.92. The molecule has 2 aromatic rings. The molecule has 2 aliphatic heterocycles. The number of rotatable bonds is 3. The second kappa shape index (κ2) is 5.93. The lowest BCUT2D eigenvalue weighted by Crippen LogP contribution is -2.40. The highest BCUT2D eigenvalue weighted by Crippen LogP contribution is 2.41. The predicted molar refractivity (Wildman–Crippen MR) is 92.1 cm³/mol. The molecule has 0 N–H and O–H groups in total. The molecular weight excluding hydrogens is 330 g/mol. The number of ether oxygens (including phenoxy) is 1. The maximum Gasteiger partial charge on any atom is 0.254 e. The average Bonchev–Trinajstić information content (AvgIpc) is 3.34. The number of amides is 1. The van der Waals surface area contributed by atoms with Gasteiger partial charge in [-0.15, -0.1) is 11.3 Å². The van der Waals surface area contributed by atoms with Gasteiger partial charge in [-0.2, -0.15) is 0 Å². The summed E-state index contributed by atoms with van der Waals surface area (Å²) in [5.74, 6) is 0.306. The molecule has 120 valence electrons. The Morgan fingerprint density at radius 3 is 2.91 bits per heavy atom. The van der Waals surface area contributed by atoms with Gasteiger partial charge in [0.25, 0.3) is 5.91 Å². The minimum atomic E-state index is -0.228. The second-order valence-electron chi connectivity index (χ2n) is 6.07. The van der Waals surface area contributed by atoms with Gasteiger partial charge in [-0.05, 0) is 29.2 Å². The molecule has 0 bridgehead atoms. The van der Waals surface area contributed by atoms with Gasteiger partial charge in [-0.25, -0.2) is 0 Å². The molecule has 0 spiro atoms. The number of fused-ring (bicyclic) bond motifs is 1. The van der Waals surface area contributed by atoms with Gasteiger partial charge in [0, 0.05) is 17.3 Å². The van der Waals surface area contributed by atoms with Crippen LogP contribution in [0.3, 0.4) is 0 Å². The first-order valence-electron chi connectivity index (χ1n) is 7.93. The molecule has 3 nitrogen and oxygen atoms in total. The van der Waals surface area contributed by atoms with Gasteiger partial charge in [0.1, 0.15) is 0 Å². The summed E-state index contributed by atoms with van der Waals surface area (Å²) < 4.78 is 5.99. The summed E-state index contributed by atoms with van der Waals surface area (Å²) in [7, 11) is 0. The number of nitrogens with zero attached hydrogens (tertiary/aromatic N) is 1. The molecule has 2 atom stereocenters. The molecule has 0 aliphatic carbocycles. The van der Waals surface area contributed by atoms with Crippen molar-refractivity contribution in [3.63, 3.8) is 0 Å². The second-order valence-corrected chi connectivity index (χ2v) is 7.84. The number of halogens is 1. The molecule has 4 rings (SSSR count). The first-order valence-corrected chi connectivity index (χ1v) is 9.13.